The molecule has 0 spiro atoms. The summed E-state index contributed by atoms with van der Waals surface area (Å²) in [6.45, 7) is 0.982. The molecule has 0 amide bonds. The molecule has 1 N–H and O–H groups in total. The van der Waals surface area contributed by atoms with Crippen LogP contribution in [0.1, 0.15) is 12.8 Å². The van der Waals surface area contributed by atoms with E-state index in [9.17, 15) is 8.78 Å². The second kappa shape index (κ2) is 7.25. The Kier molecular flexibility index (Phi) is 5.08. The van der Waals surface area contributed by atoms with Gasteiger partial charge >= 0.3 is 0 Å². The highest BCUT2D eigenvalue weighted by Crippen LogP contribution is 2.29. The number of aromatic nitrogens is 4. The fourth-order valence-electron chi connectivity index (χ4n) is 2.62. The van der Waals surface area contributed by atoms with Crippen molar-refractivity contribution in [3.63, 3.8) is 0 Å². The molecule has 1 fully saturated rings. The molecule has 2 aromatic rings. The van der Waals surface area contributed by atoms with Gasteiger partial charge in [-0.3, -0.25) is 0 Å². The summed E-state index contributed by atoms with van der Waals surface area (Å²) in [6.07, 6.45) is 6.55. The monoisotopic (exact) mass is 352 g/mol. The van der Waals surface area contributed by atoms with Crippen LogP contribution in [0.5, 0.6) is 0 Å². The molecule has 9 heteroatoms. The predicted octanol–water partition coefficient (Wildman–Crippen LogP) is 2.55. The first kappa shape index (κ1) is 16.8. The molecule has 2 aromatic heterocycles. The number of nitrogens with zero attached hydrogens (tertiary/aromatic N) is 5. The number of thioether (sulfide) groups is 1. The average Bonchev–Trinajstić information content (AvgIpc) is 2.62. The standard InChI is InChI=1S/C15H18F2N6S/c1-24-14-19-5-2-12(22-14)20-9-15(17)3-6-23(7-4-15)13-11(16)8-18-10-21-13/h2,5,8,10H,3-4,6-7,9H2,1H3,(H,19,20,22). The first-order chi connectivity index (χ1) is 11.6. The third-order valence-electron chi connectivity index (χ3n) is 4.01. The van der Waals surface area contributed by atoms with E-state index in [4.69, 9.17) is 0 Å². The minimum Gasteiger partial charge on any atom is -0.367 e. The Morgan fingerprint density at radius 3 is 2.83 bits per heavy atom. The SMILES string of the molecule is CSc1nccc(NCC2(F)CCN(c3ncncc3F)CC2)n1. The molecule has 0 bridgehead atoms. The van der Waals surface area contributed by atoms with Gasteiger partial charge < -0.3 is 10.2 Å². The Labute approximate surface area is 143 Å². The Morgan fingerprint density at radius 1 is 1.33 bits per heavy atom. The normalized spacial score (nSPS) is 16.9. The van der Waals surface area contributed by atoms with Gasteiger partial charge in [0.05, 0.1) is 12.7 Å². The predicted molar refractivity (Wildman–Crippen MR) is 89.6 cm³/mol. The third kappa shape index (κ3) is 3.89. The molecule has 0 saturated carbocycles. The van der Waals surface area contributed by atoms with Gasteiger partial charge in [-0.2, -0.15) is 0 Å². The van der Waals surface area contributed by atoms with Crippen LogP contribution in [0.4, 0.5) is 20.4 Å². The van der Waals surface area contributed by atoms with Crippen LogP contribution in [0.2, 0.25) is 0 Å². The molecule has 3 rings (SSSR count). The van der Waals surface area contributed by atoms with Gasteiger partial charge in [0.25, 0.3) is 0 Å². The molecular weight excluding hydrogens is 334 g/mol. The highest BCUT2D eigenvalue weighted by atomic mass is 32.2. The number of nitrogens with one attached hydrogen (secondary N) is 1. The van der Waals surface area contributed by atoms with Crippen molar-refractivity contribution in [2.45, 2.75) is 23.7 Å². The lowest BCUT2D eigenvalue weighted by Crippen LogP contribution is -2.46. The molecule has 1 aliphatic heterocycles. The van der Waals surface area contributed by atoms with E-state index in [1.54, 1.807) is 17.2 Å². The van der Waals surface area contributed by atoms with Crippen LogP contribution in [0.25, 0.3) is 0 Å². The summed E-state index contributed by atoms with van der Waals surface area (Å²) in [7, 11) is 0. The lowest BCUT2D eigenvalue weighted by molar-refractivity contribution is 0.140. The minimum atomic E-state index is -1.36. The van der Waals surface area contributed by atoms with Crippen LogP contribution in [-0.2, 0) is 0 Å². The quantitative estimate of drug-likeness (QED) is 0.655. The molecule has 1 saturated heterocycles. The van der Waals surface area contributed by atoms with E-state index in [-0.39, 0.29) is 12.4 Å². The van der Waals surface area contributed by atoms with E-state index in [2.05, 4.69) is 25.3 Å². The van der Waals surface area contributed by atoms with E-state index in [1.807, 2.05) is 6.26 Å². The fourth-order valence-corrected chi connectivity index (χ4v) is 2.98. The summed E-state index contributed by atoms with van der Waals surface area (Å²) >= 11 is 1.43. The number of anilines is 2. The third-order valence-corrected chi connectivity index (χ3v) is 4.57. The van der Waals surface area contributed by atoms with E-state index < -0.39 is 11.5 Å². The summed E-state index contributed by atoms with van der Waals surface area (Å²) < 4.78 is 28.7. The lowest BCUT2D eigenvalue weighted by Gasteiger charge is -2.37. The molecule has 1 aliphatic rings. The van der Waals surface area contributed by atoms with Gasteiger partial charge in [-0.05, 0) is 12.3 Å². The Balaban J connectivity index is 1.57. The maximum atomic E-state index is 15.0. The maximum absolute atomic E-state index is 15.0. The largest absolute Gasteiger partial charge is 0.367 e. The maximum Gasteiger partial charge on any atom is 0.189 e. The molecule has 0 unspecified atom stereocenters. The number of hydrogen-bond donors (Lipinski definition) is 1. The number of halogens is 2. The summed E-state index contributed by atoms with van der Waals surface area (Å²) in [5.41, 5.74) is -1.36. The first-order valence-electron chi connectivity index (χ1n) is 7.60. The van der Waals surface area contributed by atoms with E-state index >= 15 is 0 Å². The Morgan fingerprint density at radius 2 is 2.12 bits per heavy atom. The number of rotatable bonds is 5. The first-order valence-corrected chi connectivity index (χ1v) is 8.82. The van der Waals surface area contributed by atoms with E-state index in [1.165, 1.54) is 18.1 Å². The molecule has 24 heavy (non-hydrogen) atoms. The molecule has 3 heterocycles. The summed E-state index contributed by atoms with van der Waals surface area (Å²) in [4.78, 5) is 17.7. The Hall–Kier alpha value is -2.03. The van der Waals surface area contributed by atoms with Crippen LogP contribution >= 0.6 is 11.8 Å². The zero-order valence-electron chi connectivity index (χ0n) is 13.2. The molecule has 0 radical (unpaired) electrons. The van der Waals surface area contributed by atoms with Crippen molar-refractivity contribution in [2.24, 2.45) is 0 Å². The topological polar surface area (TPSA) is 66.8 Å². The van der Waals surface area contributed by atoms with E-state index in [0.29, 0.717) is 36.9 Å². The van der Waals surface area contributed by atoms with Gasteiger partial charge in [0, 0.05) is 32.1 Å². The van der Waals surface area contributed by atoms with Crippen molar-refractivity contribution >= 4 is 23.4 Å². The zero-order chi connectivity index (χ0) is 17.0. The molecule has 128 valence electrons. The highest BCUT2D eigenvalue weighted by Gasteiger charge is 2.35. The number of piperidine rings is 1. The van der Waals surface area contributed by atoms with Gasteiger partial charge in [-0.15, -0.1) is 0 Å². The molecule has 0 atom stereocenters. The number of hydrogen-bond acceptors (Lipinski definition) is 7. The molecule has 0 aromatic carbocycles. The molecule has 0 aliphatic carbocycles. The van der Waals surface area contributed by atoms with Gasteiger partial charge in [0.2, 0.25) is 0 Å². The second-order valence-electron chi connectivity index (χ2n) is 5.61. The van der Waals surface area contributed by atoms with Crippen molar-refractivity contribution in [3.05, 3.63) is 30.6 Å². The van der Waals surface area contributed by atoms with Gasteiger partial charge in [0.1, 0.15) is 17.8 Å². The minimum absolute atomic E-state index is 0.165. The van der Waals surface area contributed by atoms with Crippen LogP contribution in [-0.4, -0.2) is 51.5 Å². The van der Waals surface area contributed by atoms with E-state index in [0.717, 1.165) is 6.20 Å². The zero-order valence-corrected chi connectivity index (χ0v) is 14.1. The molecular formula is C15H18F2N6S. The molecule has 6 nitrogen and oxygen atoms in total. The van der Waals surface area contributed by atoms with Gasteiger partial charge in [0.15, 0.2) is 16.8 Å². The lowest BCUT2D eigenvalue weighted by atomic mass is 9.93. The van der Waals surface area contributed by atoms with Crippen LogP contribution < -0.4 is 10.2 Å². The van der Waals surface area contributed by atoms with Crippen molar-refractivity contribution < 1.29 is 8.78 Å². The average molecular weight is 352 g/mol. The summed E-state index contributed by atoms with van der Waals surface area (Å²) in [5, 5.41) is 3.68. The summed E-state index contributed by atoms with van der Waals surface area (Å²) in [6, 6.07) is 1.72. The van der Waals surface area contributed by atoms with Crippen molar-refractivity contribution in [3.8, 4) is 0 Å². The smallest absolute Gasteiger partial charge is 0.189 e. The Bertz CT molecular complexity index is 693. The fraction of sp³-hybridized carbons (Fsp3) is 0.467. The van der Waals surface area contributed by atoms with Crippen LogP contribution in [0, 0.1) is 5.82 Å². The second-order valence-corrected chi connectivity index (χ2v) is 6.39. The van der Waals surface area contributed by atoms with Crippen LogP contribution in [0.15, 0.2) is 29.9 Å². The van der Waals surface area contributed by atoms with Gasteiger partial charge in [-0.1, -0.05) is 11.8 Å². The van der Waals surface area contributed by atoms with Gasteiger partial charge in [-0.25, -0.2) is 28.7 Å². The van der Waals surface area contributed by atoms with Crippen molar-refractivity contribution in [1.82, 2.24) is 19.9 Å². The van der Waals surface area contributed by atoms with Crippen molar-refractivity contribution in [1.29, 1.82) is 0 Å². The summed E-state index contributed by atoms with van der Waals surface area (Å²) in [5.74, 6) is 0.364. The number of alkyl halides is 1. The van der Waals surface area contributed by atoms with Crippen LogP contribution in [0.3, 0.4) is 0 Å². The van der Waals surface area contributed by atoms with Crippen molar-refractivity contribution in [2.75, 3.05) is 36.1 Å². The highest BCUT2D eigenvalue weighted by molar-refractivity contribution is 7.98.